The van der Waals surface area contributed by atoms with Crippen molar-refractivity contribution in [1.82, 2.24) is 20.6 Å². The summed E-state index contributed by atoms with van der Waals surface area (Å²) in [5.41, 5.74) is 3.14. The average molecular weight is 352 g/mol. The van der Waals surface area contributed by atoms with E-state index in [4.69, 9.17) is 0 Å². The van der Waals surface area contributed by atoms with Crippen molar-refractivity contribution < 1.29 is 4.79 Å². The first-order valence-electron chi connectivity index (χ1n) is 8.14. The van der Waals surface area contributed by atoms with Crippen molar-refractivity contribution in [3.05, 3.63) is 71.0 Å². The van der Waals surface area contributed by atoms with Crippen LogP contribution >= 0.6 is 11.3 Å². The number of nitrogens with one attached hydrogen (secondary N) is 2. The number of carbonyl (C=O) groups excluding carboxylic acids is 1. The van der Waals surface area contributed by atoms with Gasteiger partial charge in [-0.1, -0.05) is 30.3 Å². The summed E-state index contributed by atoms with van der Waals surface area (Å²) >= 11 is 1.58. The number of hydrogen-bond acceptors (Lipinski definition) is 4. The zero-order valence-corrected chi connectivity index (χ0v) is 14.8. The van der Waals surface area contributed by atoms with E-state index in [0.717, 1.165) is 27.6 Å². The number of benzene rings is 1. The van der Waals surface area contributed by atoms with Crippen LogP contribution in [0.4, 0.5) is 4.79 Å². The van der Waals surface area contributed by atoms with E-state index in [9.17, 15) is 4.79 Å². The molecule has 0 aliphatic heterocycles. The van der Waals surface area contributed by atoms with Gasteiger partial charge in [-0.25, -0.2) is 9.78 Å². The highest BCUT2D eigenvalue weighted by atomic mass is 32.1. The molecule has 0 aliphatic rings. The van der Waals surface area contributed by atoms with Crippen LogP contribution in [0.3, 0.4) is 0 Å². The Morgan fingerprint density at radius 3 is 2.72 bits per heavy atom. The van der Waals surface area contributed by atoms with Gasteiger partial charge >= 0.3 is 6.03 Å². The number of carbonyl (C=O) groups is 1. The molecule has 6 heteroatoms. The van der Waals surface area contributed by atoms with Gasteiger partial charge in [-0.05, 0) is 31.0 Å². The first-order chi connectivity index (χ1) is 12.2. The third-order valence-electron chi connectivity index (χ3n) is 3.75. The van der Waals surface area contributed by atoms with Gasteiger partial charge < -0.3 is 10.6 Å². The van der Waals surface area contributed by atoms with Gasteiger partial charge in [0, 0.05) is 29.4 Å². The monoisotopic (exact) mass is 352 g/mol. The van der Waals surface area contributed by atoms with Crippen molar-refractivity contribution in [2.75, 3.05) is 6.54 Å². The summed E-state index contributed by atoms with van der Waals surface area (Å²) in [6, 6.07) is 13.8. The maximum Gasteiger partial charge on any atom is 0.315 e. The SMILES string of the molecule is Cc1nc(-c2cccnc2)sc1CNC(=O)NCCc1ccccc1. The molecule has 2 aromatic heterocycles. The molecular formula is C19H20N4OS. The number of amides is 2. The zero-order valence-electron chi connectivity index (χ0n) is 14.0. The number of hydrogen-bond donors (Lipinski definition) is 2. The molecule has 5 nitrogen and oxygen atoms in total. The summed E-state index contributed by atoms with van der Waals surface area (Å²) in [5, 5.41) is 6.70. The Bertz CT molecular complexity index is 818. The second kappa shape index (κ2) is 8.39. The molecule has 0 unspecified atom stereocenters. The molecular weight excluding hydrogens is 332 g/mol. The molecule has 3 rings (SSSR count). The molecule has 0 bridgehead atoms. The second-order valence-electron chi connectivity index (χ2n) is 5.61. The molecule has 0 saturated heterocycles. The van der Waals surface area contributed by atoms with Crippen LogP contribution in [0.15, 0.2) is 54.9 Å². The van der Waals surface area contributed by atoms with E-state index in [1.165, 1.54) is 5.56 Å². The van der Waals surface area contributed by atoms with Gasteiger partial charge in [-0.3, -0.25) is 4.98 Å². The van der Waals surface area contributed by atoms with Crippen LogP contribution in [0.1, 0.15) is 16.1 Å². The van der Waals surface area contributed by atoms with Gasteiger partial charge in [0.25, 0.3) is 0 Å². The van der Waals surface area contributed by atoms with Gasteiger partial charge in [0.05, 0.1) is 12.2 Å². The molecule has 25 heavy (non-hydrogen) atoms. The van der Waals surface area contributed by atoms with Gasteiger partial charge in [0.1, 0.15) is 5.01 Å². The van der Waals surface area contributed by atoms with Crippen molar-refractivity contribution in [1.29, 1.82) is 0 Å². The molecule has 0 atom stereocenters. The van der Waals surface area contributed by atoms with Crippen molar-refractivity contribution in [3.63, 3.8) is 0 Å². The third-order valence-corrected chi connectivity index (χ3v) is 4.96. The highest BCUT2D eigenvalue weighted by molar-refractivity contribution is 7.15. The van der Waals surface area contributed by atoms with E-state index in [1.54, 1.807) is 23.7 Å². The zero-order chi connectivity index (χ0) is 17.5. The molecule has 2 N–H and O–H groups in total. The van der Waals surface area contributed by atoms with Crippen molar-refractivity contribution in [2.45, 2.75) is 19.9 Å². The lowest BCUT2D eigenvalue weighted by Gasteiger charge is -2.07. The summed E-state index contributed by atoms with van der Waals surface area (Å²) in [6.45, 7) is 3.04. The average Bonchev–Trinajstić information content (AvgIpc) is 3.02. The summed E-state index contributed by atoms with van der Waals surface area (Å²) < 4.78 is 0. The van der Waals surface area contributed by atoms with E-state index in [2.05, 4.69) is 32.7 Å². The minimum atomic E-state index is -0.161. The Balaban J connectivity index is 1.48. The molecule has 3 aromatic rings. The second-order valence-corrected chi connectivity index (χ2v) is 6.70. The number of rotatable bonds is 6. The van der Waals surface area contributed by atoms with Crippen LogP contribution in [0, 0.1) is 6.92 Å². The Hall–Kier alpha value is -2.73. The largest absolute Gasteiger partial charge is 0.338 e. The summed E-state index contributed by atoms with van der Waals surface area (Å²) in [6.07, 6.45) is 4.36. The minimum Gasteiger partial charge on any atom is -0.338 e. The quantitative estimate of drug-likeness (QED) is 0.713. The highest BCUT2D eigenvalue weighted by Crippen LogP contribution is 2.27. The lowest BCUT2D eigenvalue weighted by molar-refractivity contribution is 0.240. The van der Waals surface area contributed by atoms with Crippen LogP contribution in [-0.4, -0.2) is 22.5 Å². The normalized spacial score (nSPS) is 10.4. The van der Waals surface area contributed by atoms with Crippen LogP contribution in [0.2, 0.25) is 0 Å². The topological polar surface area (TPSA) is 66.9 Å². The van der Waals surface area contributed by atoms with Crippen molar-refractivity contribution in [2.24, 2.45) is 0 Å². The Labute approximate surface area is 151 Å². The summed E-state index contributed by atoms with van der Waals surface area (Å²) in [7, 11) is 0. The first kappa shape index (κ1) is 17.1. The summed E-state index contributed by atoms with van der Waals surface area (Å²) in [5.74, 6) is 0. The molecule has 0 aliphatic carbocycles. The molecule has 2 heterocycles. The van der Waals surface area contributed by atoms with Gasteiger partial charge in [-0.15, -0.1) is 11.3 Å². The molecule has 0 saturated carbocycles. The molecule has 0 spiro atoms. The number of pyridine rings is 1. The fourth-order valence-electron chi connectivity index (χ4n) is 2.39. The number of nitrogens with zero attached hydrogens (tertiary/aromatic N) is 2. The fourth-order valence-corrected chi connectivity index (χ4v) is 3.39. The Kier molecular flexibility index (Phi) is 5.74. The van der Waals surface area contributed by atoms with E-state index >= 15 is 0 Å². The molecule has 0 radical (unpaired) electrons. The van der Waals surface area contributed by atoms with E-state index in [1.807, 2.05) is 37.3 Å². The Morgan fingerprint density at radius 2 is 1.96 bits per heavy atom. The van der Waals surface area contributed by atoms with Crippen molar-refractivity contribution in [3.8, 4) is 10.6 Å². The van der Waals surface area contributed by atoms with Gasteiger partial charge in [0.2, 0.25) is 0 Å². The van der Waals surface area contributed by atoms with Crippen LogP contribution < -0.4 is 10.6 Å². The van der Waals surface area contributed by atoms with E-state index in [0.29, 0.717) is 13.1 Å². The molecule has 1 aromatic carbocycles. The lowest BCUT2D eigenvalue weighted by Crippen LogP contribution is -2.36. The Morgan fingerprint density at radius 1 is 1.12 bits per heavy atom. The molecule has 2 amide bonds. The standard InChI is InChI=1S/C19H20N4OS/c1-14-17(25-18(23-14)16-8-5-10-20-12-16)13-22-19(24)21-11-9-15-6-3-2-4-7-15/h2-8,10,12H,9,11,13H2,1H3,(H2,21,22,24). The van der Waals surface area contributed by atoms with Crippen molar-refractivity contribution >= 4 is 17.4 Å². The van der Waals surface area contributed by atoms with Gasteiger partial charge in [0.15, 0.2) is 0 Å². The minimum absolute atomic E-state index is 0.161. The predicted octanol–water partition coefficient (Wildman–Crippen LogP) is 3.56. The maximum atomic E-state index is 11.9. The number of urea groups is 1. The smallest absolute Gasteiger partial charge is 0.315 e. The van der Waals surface area contributed by atoms with E-state index < -0.39 is 0 Å². The van der Waals surface area contributed by atoms with Crippen LogP contribution in [0.5, 0.6) is 0 Å². The lowest BCUT2D eigenvalue weighted by atomic mass is 10.1. The molecule has 128 valence electrons. The summed E-state index contributed by atoms with van der Waals surface area (Å²) in [4.78, 5) is 21.7. The van der Waals surface area contributed by atoms with Crippen LogP contribution in [-0.2, 0) is 13.0 Å². The van der Waals surface area contributed by atoms with Crippen LogP contribution in [0.25, 0.3) is 10.6 Å². The molecule has 0 fully saturated rings. The first-order valence-corrected chi connectivity index (χ1v) is 8.96. The number of thiazole rings is 1. The maximum absolute atomic E-state index is 11.9. The number of aryl methyl sites for hydroxylation is 1. The fraction of sp³-hybridized carbons (Fsp3) is 0.211. The van der Waals surface area contributed by atoms with E-state index in [-0.39, 0.29) is 6.03 Å². The third kappa shape index (κ3) is 4.87. The highest BCUT2D eigenvalue weighted by Gasteiger charge is 2.10. The predicted molar refractivity (Wildman–Crippen MR) is 100 cm³/mol. The van der Waals surface area contributed by atoms with Gasteiger partial charge in [-0.2, -0.15) is 0 Å². The number of aromatic nitrogens is 2.